The van der Waals surface area contributed by atoms with Crippen LogP contribution in [0.1, 0.15) is 24.2 Å². The van der Waals surface area contributed by atoms with Crippen molar-refractivity contribution in [2.45, 2.75) is 31.1 Å². The van der Waals surface area contributed by atoms with Gasteiger partial charge >= 0.3 is 0 Å². The Morgan fingerprint density at radius 1 is 1.11 bits per heavy atom. The predicted molar refractivity (Wildman–Crippen MR) is 105 cm³/mol. The van der Waals surface area contributed by atoms with Crippen LogP contribution in [0.5, 0.6) is 11.5 Å². The van der Waals surface area contributed by atoms with E-state index in [9.17, 15) is 0 Å². The Balaban J connectivity index is 1.29. The third-order valence-electron chi connectivity index (χ3n) is 5.06. The summed E-state index contributed by atoms with van der Waals surface area (Å²) in [5.41, 5.74) is 1.20. The zero-order chi connectivity index (χ0) is 18.6. The fourth-order valence-electron chi connectivity index (χ4n) is 3.53. The minimum atomic E-state index is 0.311. The third-order valence-corrected chi connectivity index (χ3v) is 6.06. The monoisotopic (exact) mass is 389 g/mol. The summed E-state index contributed by atoms with van der Waals surface area (Å²) in [5, 5.41) is 9.78. The Morgan fingerprint density at radius 3 is 2.78 bits per heavy atom. The summed E-state index contributed by atoms with van der Waals surface area (Å²) in [6.45, 7) is 5.51. The highest BCUT2D eigenvalue weighted by Crippen LogP contribution is 2.32. The molecule has 1 aromatic heterocycles. The number of rotatable bonds is 8. The first-order chi connectivity index (χ1) is 13.2. The Bertz CT molecular complexity index is 775. The van der Waals surface area contributed by atoms with E-state index in [1.54, 1.807) is 11.8 Å². The molecule has 0 unspecified atom stereocenters. The first-order valence-corrected chi connectivity index (χ1v) is 10.5. The Morgan fingerprint density at radius 2 is 1.93 bits per heavy atom. The molecule has 0 N–H and O–H groups in total. The van der Waals surface area contributed by atoms with Gasteiger partial charge in [-0.2, -0.15) is 0 Å². The molecule has 1 aromatic carbocycles. The number of aromatic nitrogens is 3. The van der Waals surface area contributed by atoms with E-state index in [4.69, 9.17) is 9.47 Å². The van der Waals surface area contributed by atoms with Crippen molar-refractivity contribution < 1.29 is 9.47 Å². The molecule has 2 aliphatic rings. The molecule has 27 heavy (non-hydrogen) atoms. The maximum absolute atomic E-state index is 5.46. The van der Waals surface area contributed by atoms with E-state index in [1.165, 1.54) is 31.5 Å². The lowest BCUT2D eigenvalue weighted by atomic mass is 10.2. The zero-order valence-electron chi connectivity index (χ0n) is 16.1. The summed E-state index contributed by atoms with van der Waals surface area (Å²) in [6.07, 6.45) is 2.68. The van der Waals surface area contributed by atoms with Crippen LogP contribution in [0.15, 0.2) is 23.4 Å². The summed E-state index contributed by atoms with van der Waals surface area (Å²) in [5.74, 6) is 3.71. The second-order valence-corrected chi connectivity index (χ2v) is 8.28. The number of thioether (sulfide) groups is 1. The van der Waals surface area contributed by atoms with Crippen molar-refractivity contribution in [1.82, 2.24) is 24.6 Å². The van der Waals surface area contributed by atoms with Crippen LogP contribution in [-0.2, 0) is 20.1 Å². The summed E-state index contributed by atoms with van der Waals surface area (Å²) in [4.78, 5) is 4.77. The van der Waals surface area contributed by atoms with Crippen molar-refractivity contribution in [3.8, 4) is 11.5 Å². The predicted octanol–water partition coefficient (Wildman–Crippen LogP) is 2.36. The van der Waals surface area contributed by atoms with Crippen molar-refractivity contribution in [3.05, 3.63) is 29.6 Å². The van der Waals surface area contributed by atoms with Gasteiger partial charge in [-0.25, -0.2) is 0 Å². The van der Waals surface area contributed by atoms with E-state index >= 15 is 0 Å². The average Bonchev–Trinajstić information content (AvgIpc) is 3.39. The first kappa shape index (κ1) is 18.6. The van der Waals surface area contributed by atoms with Gasteiger partial charge in [-0.3, -0.25) is 4.90 Å². The van der Waals surface area contributed by atoms with Crippen molar-refractivity contribution in [2.75, 3.05) is 39.2 Å². The van der Waals surface area contributed by atoms with Crippen LogP contribution in [-0.4, -0.2) is 63.8 Å². The number of hydrogen-bond donors (Lipinski definition) is 0. The van der Waals surface area contributed by atoms with Gasteiger partial charge in [0.15, 0.2) is 16.7 Å². The molecule has 2 aromatic rings. The van der Waals surface area contributed by atoms with E-state index in [0.717, 1.165) is 47.9 Å². The highest BCUT2D eigenvalue weighted by Gasteiger charge is 2.16. The normalized spacial score (nSPS) is 16.6. The van der Waals surface area contributed by atoms with E-state index in [2.05, 4.69) is 50.8 Å². The number of likely N-dealkylation sites (tertiary alicyclic amines) is 1. The molecular formula is C19H27N5O2S. The molecule has 4 rings (SSSR count). The molecule has 0 atom stereocenters. The smallest absolute Gasteiger partial charge is 0.231 e. The van der Waals surface area contributed by atoms with Gasteiger partial charge in [-0.05, 0) is 50.7 Å². The summed E-state index contributed by atoms with van der Waals surface area (Å²) in [6, 6.07) is 6.11. The van der Waals surface area contributed by atoms with Crippen LogP contribution in [0, 0.1) is 0 Å². The fraction of sp³-hybridized carbons (Fsp3) is 0.579. The van der Waals surface area contributed by atoms with Gasteiger partial charge in [0.2, 0.25) is 6.79 Å². The molecule has 0 saturated carbocycles. The van der Waals surface area contributed by atoms with Gasteiger partial charge in [0.1, 0.15) is 5.82 Å². The van der Waals surface area contributed by atoms with Gasteiger partial charge in [0.25, 0.3) is 0 Å². The second-order valence-electron chi connectivity index (χ2n) is 7.21. The molecule has 0 aliphatic carbocycles. The third kappa shape index (κ3) is 4.56. The Labute approximate surface area is 164 Å². The molecule has 8 heteroatoms. The van der Waals surface area contributed by atoms with Crippen LogP contribution in [0.3, 0.4) is 0 Å². The first-order valence-electron chi connectivity index (χ1n) is 9.49. The fourth-order valence-corrected chi connectivity index (χ4v) is 4.46. The zero-order valence-corrected chi connectivity index (χ0v) is 16.9. The molecular weight excluding hydrogens is 362 g/mol. The molecule has 0 spiro atoms. The minimum Gasteiger partial charge on any atom is -0.454 e. The Hall–Kier alpha value is -1.77. The summed E-state index contributed by atoms with van der Waals surface area (Å²) in [7, 11) is 4.15. The van der Waals surface area contributed by atoms with Crippen LogP contribution in [0.25, 0.3) is 0 Å². The van der Waals surface area contributed by atoms with Crippen LogP contribution in [0.4, 0.5) is 0 Å². The molecule has 7 nitrogen and oxygen atoms in total. The van der Waals surface area contributed by atoms with Gasteiger partial charge < -0.3 is 18.9 Å². The van der Waals surface area contributed by atoms with Crippen molar-refractivity contribution in [1.29, 1.82) is 0 Å². The summed E-state index contributed by atoms with van der Waals surface area (Å²) < 4.78 is 13.0. The molecule has 146 valence electrons. The highest BCUT2D eigenvalue weighted by molar-refractivity contribution is 7.99. The maximum Gasteiger partial charge on any atom is 0.231 e. The number of nitrogens with zero attached hydrogens (tertiary/aromatic N) is 5. The van der Waals surface area contributed by atoms with Crippen molar-refractivity contribution in [3.63, 3.8) is 0 Å². The molecule has 0 amide bonds. The largest absolute Gasteiger partial charge is 0.454 e. The topological polar surface area (TPSA) is 55.7 Å². The quantitative estimate of drug-likeness (QED) is 0.643. The maximum atomic E-state index is 5.46. The van der Waals surface area contributed by atoms with Gasteiger partial charge in [-0.1, -0.05) is 17.8 Å². The molecule has 3 heterocycles. The van der Waals surface area contributed by atoms with Crippen LogP contribution in [0.2, 0.25) is 0 Å². The van der Waals surface area contributed by atoms with E-state index in [-0.39, 0.29) is 0 Å². The molecule has 0 radical (unpaired) electrons. The van der Waals surface area contributed by atoms with Crippen LogP contribution >= 0.6 is 11.8 Å². The Kier molecular flexibility index (Phi) is 5.85. The van der Waals surface area contributed by atoms with E-state index < -0.39 is 0 Å². The standard InChI is InChI=1S/C19H27N5O2S/c1-22(12-15-5-6-16-17(11-15)26-14-25-16)13-18-20-21-19(23(18)2)27-10-9-24-7-3-4-8-24/h5-6,11H,3-4,7-10,12-14H2,1-2H3. The summed E-state index contributed by atoms with van der Waals surface area (Å²) >= 11 is 1.80. The number of fused-ring (bicyclic) bond motifs is 1. The van der Waals surface area contributed by atoms with Gasteiger partial charge in [-0.15, -0.1) is 10.2 Å². The van der Waals surface area contributed by atoms with Crippen molar-refractivity contribution >= 4 is 11.8 Å². The highest BCUT2D eigenvalue weighted by atomic mass is 32.2. The van der Waals surface area contributed by atoms with Crippen molar-refractivity contribution in [2.24, 2.45) is 7.05 Å². The van der Waals surface area contributed by atoms with E-state index in [1.807, 2.05) is 6.07 Å². The molecule has 1 fully saturated rings. The molecule has 1 saturated heterocycles. The number of hydrogen-bond acceptors (Lipinski definition) is 7. The second kappa shape index (κ2) is 8.50. The lowest BCUT2D eigenvalue weighted by molar-refractivity contribution is 0.174. The number of benzene rings is 1. The SMILES string of the molecule is CN(Cc1ccc2c(c1)OCO2)Cc1nnc(SCCN2CCCC2)n1C. The van der Waals surface area contributed by atoms with Gasteiger partial charge in [0, 0.05) is 25.9 Å². The molecule has 2 aliphatic heterocycles. The van der Waals surface area contributed by atoms with Gasteiger partial charge in [0.05, 0.1) is 6.54 Å². The lowest BCUT2D eigenvalue weighted by Gasteiger charge is -2.16. The lowest BCUT2D eigenvalue weighted by Crippen LogP contribution is -2.22. The number of ether oxygens (including phenoxy) is 2. The van der Waals surface area contributed by atoms with E-state index in [0.29, 0.717) is 6.79 Å². The van der Waals surface area contributed by atoms with Crippen LogP contribution < -0.4 is 9.47 Å². The average molecular weight is 390 g/mol. The molecule has 0 bridgehead atoms. The minimum absolute atomic E-state index is 0.311.